The van der Waals surface area contributed by atoms with E-state index in [0.29, 0.717) is 11.3 Å². The fourth-order valence-corrected chi connectivity index (χ4v) is 2.17. The second-order valence-corrected chi connectivity index (χ2v) is 5.93. The average Bonchev–Trinajstić information content (AvgIpc) is 2.15. The highest BCUT2D eigenvalue weighted by Crippen LogP contribution is 2.23. The number of benzene rings is 1. The second-order valence-electron chi connectivity index (χ2n) is 5.66. The van der Waals surface area contributed by atoms with Crippen LogP contribution in [0.3, 0.4) is 0 Å². The largest absolute Gasteiger partial charge is 0.374 e. The van der Waals surface area contributed by atoms with Crippen molar-refractivity contribution in [3.8, 4) is 0 Å². The van der Waals surface area contributed by atoms with Gasteiger partial charge in [-0.3, -0.25) is 0 Å². The van der Waals surface area contributed by atoms with E-state index in [-0.39, 0.29) is 0 Å². The molecule has 0 bridgehead atoms. The Kier molecular flexibility index (Phi) is 4.26. The van der Waals surface area contributed by atoms with E-state index in [4.69, 9.17) is 11.6 Å². The highest BCUT2D eigenvalue weighted by Gasteiger charge is 2.14. The second kappa shape index (κ2) is 5.09. The number of aryl methyl sites for hydroxylation is 1. The summed E-state index contributed by atoms with van der Waals surface area (Å²) in [5, 5.41) is 0. The minimum absolute atomic E-state index is 0.313. The number of anilines is 1. The lowest BCUT2D eigenvalue weighted by atomic mass is 9.96. The van der Waals surface area contributed by atoms with Crippen LogP contribution in [0, 0.1) is 12.3 Å². The molecule has 1 nitrogen and oxygen atoms in total. The summed E-state index contributed by atoms with van der Waals surface area (Å²) in [5.41, 5.74) is 4.07. The van der Waals surface area contributed by atoms with Gasteiger partial charge >= 0.3 is 0 Å². The molecule has 0 spiro atoms. The Hall–Kier alpha value is -0.690. The maximum atomic E-state index is 5.86. The van der Waals surface area contributed by atoms with Crippen molar-refractivity contribution in [2.24, 2.45) is 5.41 Å². The fourth-order valence-electron chi connectivity index (χ4n) is 1.87. The topological polar surface area (TPSA) is 3.24 Å². The maximum Gasteiger partial charge on any atom is 0.0476 e. The highest BCUT2D eigenvalue weighted by atomic mass is 35.5. The quantitative estimate of drug-likeness (QED) is 0.714. The summed E-state index contributed by atoms with van der Waals surface area (Å²) < 4.78 is 0. The lowest BCUT2D eigenvalue weighted by molar-refractivity contribution is 0.419. The Balaban J connectivity index is 2.85. The van der Waals surface area contributed by atoms with E-state index < -0.39 is 0 Å². The number of halogens is 1. The van der Waals surface area contributed by atoms with Crippen molar-refractivity contribution in [2.45, 2.75) is 33.6 Å². The number of hydrogen-bond acceptors (Lipinski definition) is 1. The van der Waals surface area contributed by atoms with Crippen LogP contribution in [0.25, 0.3) is 0 Å². The van der Waals surface area contributed by atoms with Crippen LogP contribution in [0.4, 0.5) is 5.69 Å². The van der Waals surface area contributed by atoms with E-state index >= 15 is 0 Å². The first-order chi connectivity index (χ1) is 7.33. The van der Waals surface area contributed by atoms with Gasteiger partial charge in [0, 0.05) is 25.2 Å². The van der Waals surface area contributed by atoms with Crippen LogP contribution >= 0.6 is 11.6 Å². The van der Waals surface area contributed by atoms with Crippen molar-refractivity contribution in [3.05, 3.63) is 29.3 Å². The van der Waals surface area contributed by atoms with E-state index in [2.05, 4.69) is 57.8 Å². The SMILES string of the molecule is Cc1cc(N(C)CC(C)(C)C)ccc1CCl. The number of alkyl halides is 1. The standard InChI is InChI=1S/C14H22ClN/c1-11-8-13(7-6-12(11)9-15)16(5)10-14(2,3)4/h6-8H,9-10H2,1-5H3. The van der Waals surface area contributed by atoms with Gasteiger partial charge in [0.15, 0.2) is 0 Å². The molecule has 0 atom stereocenters. The molecule has 0 N–H and O–H groups in total. The summed E-state index contributed by atoms with van der Waals surface area (Å²) in [7, 11) is 2.14. The summed E-state index contributed by atoms with van der Waals surface area (Å²) in [6.07, 6.45) is 0. The van der Waals surface area contributed by atoms with Gasteiger partial charge in [0.2, 0.25) is 0 Å². The Bertz CT molecular complexity index is 352. The molecule has 0 heterocycles. The lowest BCUT2D eigenvalue weighted by Gasteiger charge is -2.28. The molecule has 0 aliphatic rings. The van der Waals surface area contributed by atoms with Gasteiger partial charge in [-0.25, -0.2) is 0 Å². The van der Waals surface area contributed by atoms with Gasteiger partial charge in [0.05, 0.1) is 0 Å². The molecule has 0 aliphatic heterocycles. The van der Waals surface area contributed by atoms with Crippen molar-refractivity contribution >= 4 is 17.3 Å². The summed E-state index contributed by atoms with van der Waals surface area (Å²) >= 11 is 5.86. The van der Waals surface area contributed by atoms with Gasteiger partial charge in [-0.2, -0.15) is 0 Å². The molecule has 16 heavy (non-hydrogen) atoms. The molecule has 0 aromatic heterocycles. The molecule has 0 saturated carbocycles. The first-order valence-corrected chi connectivity index (χ1v) is 6.23. The van der Waals surface area contributed by atoms with Crippen LogP contribution in [0.5, 0.6) is 0 Å². The van der Waals surface area contributed by atoms with Crippen LogP contribution in [0.15, 0.2) is 18.2 Å². The number of hydrogen-bond donors (Lipinski definition) is 0. The molecule has 1 aromatic carbocycles. The molecule has 1 rings (SSSR count). The van der Waals surface area contributed by atoms with Crippen LogP contribution in [0.1, 0.15) is 31.9 Å². The van der Waals surface area contributed by atoms with Crippen molar-refractivity contribution in [1.29, 1.82) is 0 Å². The first-order valence-electron chi connectivity index (χ1n) is 5.70. The number of rotatable bonds is 3. The Morgan fingerprint density at radius 1 is 1.25 bits per heavy atom. The van der Waals surface area contributed by atoms with E-state index in [9.17, 15) is 0 Å². The predicted octanol–water partition coefficient (Wildman–Crippen LogP) is 4.22. The zero-order valence-electron chi connectivity index (χ0n) is 11.0. The van der Waals surface area contributed by atoms with Gasteiger partial charge in [-0.15, -0.1) is 11.6 Å². The summed E-state index contributed by atoms with van der Waals surface area (Å²) in [6.45, 7) is 9.93. The third-order valence-electron chi connectivity index (χ3n) is 2.62. The minimum atomic E-state index is 0.313. The molecule has 0 radical (unpaired) electrons. The molecule has 2 heteroatoms. The zero-order valence-corrected chi connectivity index (χ0v) is 11.7. The average molecular weight is 240 g/mol. The molecule has 0 saturated heterocycles. The summed E-state index contributed by atoms with van der Waals surface area (Å²) in [5.74, 6) is 0.592. The third-order valence-corrected chi connectivity index (χ3v) is 2.91. The Morgan fingerprint density at radius 3 is 2.31 bits per heavy atom. The highest BCUT2D eigenvalue weighted by molar-refractivity contribution is 6.17. The van der Waals surface area contributed by atoms with Crippen molar-refractivity contribution in [2.75, 3.05) is 18.5 Å². The molecular formula is C14H22ClN. The van der Waals surface area contributed by atoms with E-state index in [0.717, 1.165) is 6.54 Å². The zero-order chi connectivity index (χ0) is 12.3. The van der Waals surface area contributed by atoms with Crippen LogP contribution in [-0.4, -0.2) is 13.6 Å². The van der Waals surface area contributed by atoms with Crippen LogP contribution < -0.4 is 4.90 Å². The number of nitrogens with zero attached hydrogens (tertiary/aromatic N) is 1. The van der Waals surface area contributed by atoms with Crippen molar-refractivity contribution < 1.29 is 0 Å². The van der Waals surface area contributed by atoms with E-state index in [1.807, 2.05) is 0 Å². The van der Waals surface area contributed by atoms with Gasteiger partial charge < -0.3 is 4.90 Å². The van der Waals surface area contributed by atoms with Gasteiger partial charge in [0.25, 0.3) is 0 Å². The summed E-state index contributed by atoms with van der Waals surface area (Å²) in [6, 6.07) is 6.48. The van der Waals surface area contributed by atoms with Gasteiger partial charge in [0.1, 0.15) is 0 Å². The maximum absolute atomic E-state index is 5.86. The lowest BCUT2D eigenvalue weighted by Crippen LogP contribution is -2.29. The Labute approximate surface area is 104 Å². The minimum Gasteiger partial charge on any atom is -0.374 e. The molecule has 0 amide bonds. The van der Waals surface area contributed by atoms with E-state index in [1.165, 1.54) is 16.8 Å². The monoisotopic (exact) mass is 239 g/mol. The molecule has 90 valence electrons. The van der Waals surface area contributed by atoms with Gasteiger partial charge in [-0.1, -0.05) is 26.8 Å². The molecule has 0 aliphatic carbocycles. The molecule has 0 fully saturated rings. The first kappa shape index (κ1) is 13.4. The van der Waals surface area contributed by atoms with Crippen LogP contribution in [0.2, 0.25) is 0 Å². The van der Waals surface area contributed by atoms with Crippen LogP contribution in [-0.2, 0) is 5.88 Å². The third kappa shape index (κ3) is 3.71. The van der Waals surface area contributed by atoms with Crippen molar-refractivity contribution in [3.63, 3.8) is 0 Å². The smallest absolute Gasteiger partial charge is 0.0476 e. The fraction of sp³-hybridized carbons (Fsp3) is 0.571. The van der Waals surface area contributed by atoms with Crippen molar-refractivity contribution in [1.82, 2.24) is 0 Å². The summed E-state index contributed by atoms with van der Waals surface area (Å²) in [4.78, 5) is 2.30. The Morgan fingerprint density at radius 2 is 1.88 bits per heavy atom. The molecule has 1 aromatic rings. The van der Waals surface area contributed by atoms with Gasteiger partial charge in [-0.05, 0) is 35.6 Å². The normalized spacial score (nSPS) is 11.6. The van der Waals surface area contributed by atoms with E-state index in [1.54, 1.807) is 0 Å². The molecular weight excluding hydrogens is 218 g/mol. The molecule has 0 unspecified atom stereocenters. The predicted molar refractivity (Wildman–Crippen MR) is 73.5 cm³/mol.